The second-order valence-electron chi connectivity index (χ2n) is 0.448. The summed E-state index contributed by atoms with van der Waals surface area (Å²) in [7, 11) is -4.67. The minimum Gasteiger partial charge on any atom is -0.264 e. The third kappa shape index (κ3) is 123. The normalized spacial score (nSPS) is 8.29. The van der Waals surface area contributed by atoms with Gasteiger partial charge in [-0.25, -0.2) is 0 Å². The van der Waals surface area contributed by atoms with Crippen molar-refractivity contribution in [2.75, 3.05) is 0 Å². The predicted octanol–water partition coefficient (Wildman–Crippen LogP) is -1.84. The summed E-state index contributed by atoms with van der Waals surface area (Å²) in [6, 6.07) is 0. The van der Waals surface area contributed by atoms with E-state index in [1.165, 1.54) is 0 Å². The molecule has 0 saturated heterocycles. The van der Waals surface area contributed by atoms with Crippen molar-refractivity contribution in [3.8, 4) is 0 Å². The molecule has 42 valence electrons. The minimum absolute atomic E-state index is 0. The summed E-state index contributed by atoms with van der Waals surface area (Å²) in [6.07, 6.45) is 0. The molecule has 4 nitrogen and oxygen atoms in total. The van der Waals surface area contributed by atoms with Crippen molar-refractivity contribution in [3.63, 3.8) is 0 Å². The Morgan fingerprint density at radius 3 is 1.14 bits per heavy atom. The van der Waals surface area contributed by atoms with E-state index >= 15 is 0 Å². The van der Waals surface area contributed by atoms with Gasteiger partial charge < -0.3 is 0 Å². The van der Waals surface area contributed by atoms with Crippen LogP contribution in [0.15, 0.2) is 0 Å². The Balaban J connectivity index is -0.0000000800. The van der Waals surface area contributed by atoms with Gasteiger partial charge in [-0.1, -0.05) is 0 Å². The molecule has 0 spiro atoms. The maximum Gasteiger partial charge on any atom is 0.394 e. The van der Waals surface area contributed by atoms with E-state index in [2.05, 4.69) is 0 Å². The molecule has 0 bridgehead atoms. The van der Waals surface area contributed by atoms with Crippen LogP contribution in [0, 0.1) is 0 Å². The third-order valence-electron chi connectivity index (χ3n) is 0. The summed E-state index contributed by atoms with van der Waals surface area (Å²) in [5.74, 6) is 0. The van der Waals surface area contributed by atoms with Gasteiger partial charge >= 0.3 is 10.4 Å². The summed E-state index contributed by atoms with van der Waals surface area (Å²) in [6.45, 7) is 0. The first-order chi connectivity index (χ1) is 2.00. The molecule has 0 unspecified atom stereocenters. The molecule has 0 aliphatic heterocycles. The molecule has 0 aromatic rings. The second-order valence-corrected chi connectivity index (χ2v) is 1.34. The van der Waals surface area contributed by atoms with E-state index < -0.39 is 10.4 Å². The molecule has 0 radical (unpaired) electrons. The van der Waals surface area contributed by atoms with Crippen LogP contribution in [-0.2, 0) is 36.6 Å². The molecule has 2 N–H and O–H groups in total. The monoisotopic (exact) mass is 218 g/mol. The standard InChI is InChI=1S/Al.H2O4S.Zr.3H/c;1-5(2,3)4;;;;/h;(H2,1,2,3,4);;;;. The zero-order chi connectivity index (χ0) is 4.50. The van der Waals surface area contributed by atoms with E-state index in [0.29, 0.717) is 0 Å². The Bertz CT molecular complexity index is 94.9. The minimum atomic E-state index is -4.67. The maximum atomic E-state index is 8.74. The predicted molar refractivity (Wildman–Crippen MR) is 24.1 cm³/mol. The first-order valence-corrected chi connectivity index (χ1v) is 2.10. The fraction of sp³-hybridized carbons (Fsp3) is 0. The largest absolute Gasteiger partial charge is 0.394 e. The van der Waals surface area contributed by atoms with Crippen LogP contribution in [0.2, 0.25) is 0 Å². The molecule has 7 heteroatoms. The van der Waals surface area contributed by atoms with Crippen molar-refractivity contribution >= 4 is 27.8 Å². The van der Waals surface area contributed by atoms with Gasteiger partial charge in [-0.15, -0.1) is 0 Å². The van der Waals surface area contributed by atoms with Gasteiger partial charge in [-0.3, -0.25) is 9.11 Å². The van der Waals surface area contributed by atoms with Crippen molar-refractivity contribution in [1.29, 1.82) is 0 Å². The zero-order valence-corrected chi connectivity index (χ0v) is 5.89. The van der Waals surface area contributed by atoms with Crippen molar-refractivity contribution in [1.82, 2.24) is 0 Å². The van der Waals surface area contributed by atoms with Crippen molar-refractivity contribution < 1.29 is 43.7 Å². The molecule has 0 aromatic heterocycles. The topological polar surface area (TPSA) is 74.6 Å². The molecular weight excluding hydrogens is 214 g/mol. The molecule has 0 atom stereocenters. The van der Waals surface area contributed by atoms with E-state index in [1.807, 2.05) is 0 Å². The molecule has 0 aliphatic carbocycles. The van der Waals surface area contributed by atoms with E-state index in [9.17, 15) is 0 Å². The smallest absolute Gasteiger partial charge is 0.264 e. The summed E-state index contributed by atoms with van der Waals surface area (Å²) < 4.78 is 31.6. The van der Waals surface area contributed by atoms with Crippen LogP contribution in [0.1, 0.15) is 0 Å². The van der Waals surface area contributed by atoms with Gasteiger partial charge in [0.05, 0.1) is 0 Å². The van der Waals surface area contributed by atoms with Gasteiger partial charge in [-0.05, 0) is 0 Å². The second kappa shape index (κ2) is 5.42. The zero-order valence-electron chi connectivity index (χ0n) is 2.62. The van der Waals surface area contributed by atoms with Crippen molar-refractivity contribution in [2.24, 2.45) is 0 Å². The Kier molecular flexibility index (Phi) is 12.2. The van der Waals surface area contributed by atoms with Crippen molar-refractivity contribution in [2.45, 2.75) is 0 Å². The van der Waals surface area contributed by atoms with Gasteiger partial charge in [0.2, 0.25) is 0 Å². The molecule has 0 fully saturated rings. The quantitative estimate of drug-likeness (QED) is 0.371. The summed E-state index contributed by atoms with van der Waals surface area (Å²) in [5.41, 5.74) is 0. The molecule has 7 heavy (non-hydrogen) atoms. The van der Waals surface area contributed by atoms with Crippen LogP contribution < -0.4 is 0 Å². The van der Waals surface area contributed by atoms with Gasteiger partial charge in [0.25, 0.3) is 0 Å². The number of hydrogen-bond acceptors (Lipinski definition) is 2. The van der Waals surface area contributed by atoms with Gasteiger partial charge in [0.1, 0.15) is 0 Å². The fourth-order valence-electron chi connectivity index (χ4n) is 0. The molecule has 0 aliphatic rings. The first-order valence-electron chi connectivity index (χ1n) is 0.698. The van der Waals surface area contributed by atoms with Crippen LogP contribution in [0.5, 0.6) is 0 Å². The van der Waals surface area contributed by atoms with E-state index in [0.717, 1.165) is 0 Å². The van der Waals surface area contributed by atoms with Crippen LogP contribution in [0.4, 0.5) is 0 Å². The molecule has 0 aromatic carbocycles. The molecule has 0 saturated carbocycles. The van der Waals surface area contributed by atoms with Gasteiger partial charge in [-0.2, -0.15) is 8.42 Å². The van der Waals surface area contributed by atoms with Crippen LogP contribution in [0.3, 0.4) is 0 Å². The average Bonchev–Trinajstić information content (AvgIpc) is 0.722. The van der Waals surface area contributed by atoms with E-state index in [4.69, 9.17) is 17.5 Å². The molecule has 0 rings (SSSR count). The van der Waals surface area contributed by atoms with E-state index in [1.54, 1.807) is 0 Å². The van der Waals surface area contributed by atoms with Crippen molar-refractivity contribution in [3.05, 3.63) is 0 Å². The maximum absolute atomic E-state index is 8.74. The number of rotatable bonds is 0. The summed E-state index contributed by atoms with van der Waals surface area (Å²) in [4.78, 5) is 0. The first kappa shape index (κ1) is 15.7. The Morgan fingerprint density at radius 2 is 1.14 bits per heavy atom. The third-order valence-corrected chi connectivity index (χ3v) is 0. The molecular formula is H5AlO4SZr. The van der Waals surface area contributed by atoms with Crippen LogP contribution in [-0.4, -0.2) is 34.9 Å². The Morgan fingerprint density at radius 1 is 1.14 bits per heavy atom. The van der Waals surface area contributed by atoms with Crippen LogP contribution >= 0.6 is 0 Å². The summed E-state index contributed by atoms with van der Waals surface area (Å²) >= 11 is 0. The Labute approximate surface area is 71.1 Å². The summed E-state index contributed by atoms with van der Waals surface area (Å²) in [5, 5.41) is 0. The van der Waals surface area contributed by atoms with Gasteiger partial charge in [0.15, 0.2) is 17.4 Å². The molecule has 0 amide bonds. The number of hydrogen-bond donors (Lipinski definition) is 2. The average molecular weight is 219 g/mol. The van der Waals surface area contributed by atoms with Crippen LogP contribution in [0.25, 0.3) is 0 Å². The van der Waals surface area contributed by atoms with Gasteiger partial charge in [0, 0.05) is 26.2 Å². The van der Waals surface area contributed by atoms with E-state index in [-0.39, 0.29) is 43.6 Å². The SMILES string of the molecule is O=S(=O)(O)O.[AlH3].[Zr]. The fourth-order valence-corrected chi connectivity index (χ4v) is 0. The Hall–Kier alpha value is 1.29. The molecule has 0 heterocycles.